The van der Waals surface area contributed by atoms with Crippen LogP contribution in [-0.2, 0) is 9.63 Å². The Bertz CT molecular complexity index is 770. The van der Waals surface area contributed by atoms with E-state index in [4.69, 9.17) is 4.84 Å². The van der Waals surface area contributed by atoms with Gasteiger partial charge in [0.25, 0.3) is 5.91 Å². The summed E-state index contributed by atoms with van der Waals surface area (Å²) in [5, 5.41) is 5.92. The highest BCUT2D eigenvalue weighted by Crippen LogP contribution is 2.25. The number of anilines is 1. The molecule has 0 saturated heterocycles. The van der Waals surface area contributed by atoms with Gasteiger partial charge in [0.1, 0.15) is 11.5 Å². The maximum Gasteiger partial charge on any atom is 0.387 e. The molecule has 144 valence electrons. The number of oxime groups is 1. The average molecular weight is 386 g/mol. The number of nitrogens with zero attached hydrogens (tertiary/aromatic N) is 1. The van der Waals surface area contributed by atoms with Gasteiger partial charge in [0.2, 0.25) is 0 Å². The van der Waals surface area contributed by atoms with Gasteiger partial charge in [-0.15, -0.1) is 0 Å². The van der Waals surface area contributed by atoms with Crippen molar-refractivity contribution in [3.63, 3.8) is 0 Å². The molecule has 0 radical (unpaired) electrons. The third kappa shape index (κ3) is 7.22. The van der Waals surface area contributed by atoms with E-state index in [1.54, 1.807) is 0 Å². The van der Waals surface area contributed by atoms with Gasteiger partial charge in [-0.05, 0) is 42.0 Å². The van der Waals surface area contributed by atoms with Crippen molar-refractivity contribution in [3.8, 4) is 11.5 Å². The zero-order valence-corrected chi connectivity index (χ0v) is 13.7. The Balaban J connectivity index is 1.81. The fourth-order valence-electron chi connectivity index (χ4n) is 1.88. The normalized spacial score (nSPS) is 11.0. The van der Waals surface area contributed by atoms with E-state index < -0.39 is 25.7 Å². The molecule has 0 spiro atoms. The minimum atomic E-state index is -3.03. The third-order valence-corrected chi connectivity index (χ3v) is 2.95. The predicted molar refractivity (Wildman–Crippen MR) is 88.3 cm³/mol. The van der Waals surface area contributed by atoms with Crippen LogP contribution in [0.2, 0.25) is 0 Å². The van der Waals surface area contributed by atoms with Crippen molar-refractivity contribution in [2.24, 2.45) is 5.16 Å². The lowest BCUT2D eigenvalue weighted by Gasteiger charge is -2.11. The van der Waals surface area contributed by atoms with Crippen LogP contribution in [0.3, 0.4) is 0 Å². The van der Waals surface area contributed by atoms with Crippen LogP contribution in [-0.4, -0.2) is 32.0 Å². The van der Waals surface area contributed by atoms with E-state index in [0.29, 0.717) is 5.56 Å². The molecule has 2 aromatic carbocycles. The number of hydrogen-bond acceptors (Lipinski definition) is 5. The highest BCUT2D eigenvalue weighted by molar-refractivity contribution is 5.93. The number of carbonyl (C=O) groups is 1. The van der Waals surface area contributed by atoms with E-state index in [2.05, 4.69) is 19.9 Å². The molecule has 0 atom stereocenters. The Hall–Kier alpha value is -3.30. The van der Waals surface area contributed by atoms with Crippen LogP contribution in [0.25, 0.3) is 0 Å². The van der Waals surface area contributed by atoms with Gasteiger partial charge < -0.3 is 19.6 Å². The fraction of sp³-hybridized carbons (Fsp3) is 0.176. The lowest BCUT2D eigenvalue weighted by Crippen LogP contribution is -2.18. The van der Waals surface area contributed by atoms with Crippen LogP contribution in [0, 0.1) is 0 Å². The van der Waals surface area contributed by atoms with Crippen molar-refractivity contribution in [1.82, 2.24) is 0 Å². The number of benzene rings is 2. The highest BCUT2D eigenvalue weighted by Gasteiger charge is 2.11. The Labute approximate surface area is 151 Å². The van der Waals surface area contributed by atoms with Gasteiger partial charge in [0, 0.05) is 0 Å². The number of rotatable bonds is 9. The number of nitrogens with one attached hydrogen (secondary N) is 1. The summed E-state index contributed by atoms with van der Waals surface area (Å²) in [6.45, 7) is -6.42. The van der Waals surface area contributed by atoms with Crippen LogP contribution in [0.4, 0.5) is 23.2 Å². The lowest BCUT2D eigenvalue weighted by atomic mass is 10.2. The first kappa shape index (κ1) is 20.0. The van der Waals surface area contributed by atoms with Crippen LogP contribution < -0.4 is 14.8 Å². The van der Waals surface area contributed by atoms with E-state index in [9.17, 15) is 22.4 Å². The molecule has 10 heteroatoms. The number of carbonyl (C=O) groups excluding carboxylic acids is 1. The Morgan fingerprint density at radius 3 is 2.33 bits per heavy atom. The quantitative estimate of drug-likeness (QED) is 0.404. The molecule has 0 aliphatic rings. The summed E-state index contributed by atoms with van der Waals surface area (Å²) in [6.07, 6.45) is 1.26. The van der Waals surface area contributed by atoms with Crippen LogP contribution in [0.15, 0.2) is 53.7 Å². The number of para-hydroxylation sites is 2. The Kier molecular flexibility index (Phi) is 7.41. The van der Waals surface area contributed by atoms with Crippen molar-refractivity contribution >= 4 is 17.8 Å². The summed E-state index contributed by atoms with van der Waals surface area (Å²) >= 11 is 0. The molecule has 27 heavy (non-hydrogen) atoms. The van der Waals surface area contributed by atoms with E-state index in [0.717, 1.165) is 0 Å². The van der Waals surface area contributed by atoms with Crippen molar-refractivity contribution in [2.75, 3.05) is 11.9 Å². The average Bonchev–Trinajstić information content (AvgIpc) is 2.61. The molecule has 0 heterocycles. The Morgan fingerprint density at radius 2 is 1.67 bits per heavy atom. The van der Waals surface area contributed by atoms with E-state index in [1.807, 2.05) is 0 Å². The molecular formula is C17H14F4N2O4. The first-order chi connectivity index (χ1) is 12.9. The van der Waals surface area contributed by atoms with Gasteiger partial charge in [-0.25, -0.2) is 0 Å². The number of amides is 1. The van der Waals surface area contributed by atoms with Crippen LogP contribution in [0.1, 0.15) is 5.56 Å². The predicted octanol–water partition coefficient (Wildman–Crippen LogP) is 3.88. The topological polar surface area (TPSA) is 69.2 Å². The zero-order valence-electron chi connectivity index (χ0n) is 13.7. The van der Waals surface area contributed by atoms with Gasteiger partial charge in [0.15, 0.2) is 6.61 Å². The summed E-state index contributed by atoms with van der Waals surface area (Å²) in [5.41, 5.74) is 0.581. The van der Waals surface area contributed by atoms with Crippen molar-refractivity contribution in [2.45, 2.75) is 13.2 Å². The molecule has 0 aliphatic heterocycles. The minimum absolute atomic E-state index is 0.00729. The van der Waals surface area contributed by atoms with Crippen LogP contribution >= 0.6 is 0 Å². The first-order valence-corrected chi connectivity index (χ1v) is 7.48. The largest absolute Gasteiger partial charge is 0.435 e. The van der Waals surface area contributed by atoms with Crippen LogP contribution in [0.5, 0.6) is 11.5 Å². The second-order valence-electron chi connectivity index (χ2n) is 4.88. The first-order valence-electron chi connectivity index (χ1n) is 7.48. The minimum Gasteiger partial charge on any atom is -0.435 e. The molecule has 2 aromatic rings. The molecule has 0 aromatic heterocycles. The van der Waals surface area contributed by atoms with Crippen molar-refractivity contribution in [3.05, 3.63) is 54.1 Å². The molecule has 0 unspecified atom stereocenters. The Morgan fingerprint density at radius 1 is 1.00 bits per heavy atom. The van der Waals surface area contributed by atoms with Gasteiger partial charge in [-0.2, -0.15) is 17.6 Å². The molecule has 2 rings (SSSR count). The highest BCUT2D eigenvalue weighted by atomic mass is 19.3. The lowest BCUT2D eigenvalue weighted by molar-refractivity contribution is -0.120. The van der Waals surface area contributed by atoms with E-state index in [-0.39, 0.29) is 17.2 Å². The van der Waals surface area contributed by atoms with Gasteiger partial charge >= 0.3 is 13.2 Å². The van der Waals surface area contributed by atoms with Gasteiger partial charge in [-0.3, -0.25) is 4.79 Å². The molecule has 0 bridgehead atoms. The zero-order chi connectivity index (χ0) is 19.6. The molecule has 1 amide bonds. The summed E-state index contributed by atoms with van der Waals surface area (Å²) in [7, 11) is 0. The van der Waals surface area contributed by atoms with Gasteiger partial charge in [-0.1, -0.05) is 17.3 Å². The van der Waals surface area contributed by atoms with Crippen molar-refractivity contribution in [1.29, 1.82) is 0 Å². The number of ether oxygens (including phenoxy) is 2. The second kappa shape index (κ2) is 10.00. The molecule has 0 fully saturated rings. The molecule has 1 N–H and O–H groups in total. The molecule has 6 nitrogen and oxygen atoms in total. The summed E-state index contributed by atoms with van der Waals surface area (Å²) in [4.78, 5) is 16.6. The standard InChI is InChI=1S/C17H14F4N2O4/c18-16(19)26-12-7-5-11(6-8-12)9-22-25-10-15(24)23-13-3-1-2-4-14(13)27-17(20)21/h1-9,16-17H,10H2,(H,23,24)/b22-9+. The van der Waals surface area contributed by atoms with Gasteiger partial charge in [0.05, 0.1) is 11.9 Å². The summed E-state index contributed by atoms with van der Waals surface area (Å²) in [6, 6.07) is 11.2. The van der Waals surface area contributed by atoms with E-state index >= 15 is 0 Å². The monoisotopic (exact) mass is 386 g/mol. The van der Waals surface area contributed by atoms with E-state index in [1.165, 1.54) is 54.7 Å². The maximum atomic E-state index is 12.3. The number of halogens is 4. The maximum absolute atomic E-state index is 12.3. The van der Waals surface area contributed by atoms with Crippen molar-refractivity contribution < 1.29 is 36.7 Å². The molecular weight excluding hydrogens is 372 g/mol. The number of hydrogen-bond donors (Lipinski definition) is 1. The second-order valence-corrected chi connectivity index (χ2v) is 4.88. The summed E-state index contributed by atoms with van der Waals surface area (Å²) < 4.78 is 57.2. The molecule has 0 saturated carbocycles. The SMILES string of the molecule is O=C(CO/N=C/c1ccc(OC(F)F)cc1)Nc1ccccc1OC(F)F. The smallest absolute Gasteiger partial charge is 0.387 e. The third-order valence-electron chi connectivity index (χ3n) is 2.95. The fourth-order valence-corrected chi connectivity index (χ4v) is 1.88. The number of alkyl halides is 4. The summed E-state index contributed by atoms with van der Waals surface area (Å²) in [5.74, 6) is -0.833. The molecule has 0 aliphatic carbocycles.